The Bertz CT molecular complexity index is 1340. The van der Waals surface area contributed by atoms with Gasteiger partial charge in [0, 0.05) is 13.6 Å². The number of hydrogen-bond acceptors (Lipinski definition) is 4. The van der Waals surface area contributed by atoms with Crippen molar-refractivity contribution < 1.29 is 18.0 Å². The lowest BCUT2D eigenvalue weighted by Gasteiger charge is -2.32. The van der Waals surface area contributed by atoms with Gasteiger partial charge in [-0.25, -0.2) is 8.42 Å². The van der Waals surface area contributed by atoms with Gasteiger partial charge in [0.1, 0.15) is 12.6 Å². The Morgan fingerprint density at radius 3 is 2.14 bits per heavy atom. The number of likely N-dealkylation sites (N-methyl/N-ethyl adjacent to an activating group) is 1. The summed E-state index contributed by atoms with van der Waals surface area (Å²) in [5, 5.41) is 2.59. The van der Waals surface area contributed by atoms with Gasteiger partial charge in [0.05, 0.1) is 10.6 Å². The van der Waals surface area contributed by atoms with Crippen molar-refractivity contribution in [1.29, 1.82) is 0 Å². The molecular weight excluding hydrogens is 474 g/mol. The fourth-order valence-corrected chi connectivity index (χ4v) is 5.58. The number of amides is 2. The van der Waals surface area contributed by atoms with Gasteiger partial charge in [0.15, 0.2) is 0 Å². The summed E-state index contributed by atoms with van der Waals surface area (Å²) < 4.78 is 28.7. The molecule has 3 aromatic rings. The molecule has 0 fully saturated rings. The summed E-state index contributed by atoms with van der Waals surface area (Å²) in [5.74, 6) is -0.810. The minimum Gasteiger partial charge on any atom is -0.357 e. The maximum atomic E-state index is 13.8. The van der Waals surface area contributed by atoms with E-state index < -0.39 is 28.5 Å². The van der Waals surface area contributed by atoms with Crippen molar-refractivity contribution in [2.75, 3.05) is 17.9 Å². The first-order valence-electron chi connectivity index (χ1n) is 11.8. The molecule has 190 valence electrons. The van der Waals surface area contributed by atoms with Crippen LogP contribution in [0, 0.1) is 20.8 Å². The highest BCUT2D eigenvalue weighted by Gasteiger charge is 2.33. The van der Waals surface area contributed by atoms with E-state index in [9.17, 15) is 18.0 Å². The summed E-state index contributed by atoms with van der Waals surface area (Å²) in [6.45, 7) is 7.04. The molecule has 8 heteroatoms. The van der Waals surface area contributed by atoms with Gasteiger partial charge in [-0.3, -0.25) is 13.9 Å². The second kappa shape index (κ2) is 11.4. The summed E-state index contributed by atoms with van der Waals surface area (Å²) in [6.07, 6.45) is 0. The van der Waals surface area contributed by atoms with Crippen molar-refractivity contribution >= 4 is 27.5 Å². The minimum atomic E-state index is -4.07. The summed E-state index contributed by atoms with van der Waals surface area (Å²) in [7, 11) is -2.55. The molecule has 0 aliphatic carbocycles. The zero-order chi connectivity index (χ0) is 26.5. The Hall–Kier alpha value is -3.65. The topological polar surface area (TPSA) is 86.8 Å². The van der Waals surface area contributed by atoms with Gasteiger partial charge in [-0.2, -0.15) is 0 Å². The van der Waals surface area contributed by atoms with Crippen LogP contribution in [0.25, 0.3) is 0 Å². The molecule has 0 spiro atoms. The van der Waals surface area contributed by atoms with Gasteiger partial charge in [-0.15, -0.1) is 0 Å². The van der Waals surface area contributed by atoms with Crippen LogP contribution in [-0.4, -0.2) is 44.8 Å². The number of anilines is 1. The third-order valence-electron chi connectivity index (χ3n) is 6.25. The van der Waals surface area contributed by atoms with E-state index in [0.717, 1.165) is 26.6 Å². The molecule has 0 bridgehead atoms. The Morgan fingerprint density at radius 1 is 0.889 bits per heavy atom. The molecule has 0 aliphatic rings. The van der Waals surface area contributed by atoms with Crippen molar-refractivity contribution in [3.8, 4) is 0 Å². The number of carbonyl (C=O) groups is 2. The van der Waals surface area contributed by atoms with E-state index in [1.165, 1.54) is 24.1 Å². The molecule has 0 saturated carbocycles. The predicted octanol–water partition coefficient (Wildman–Crippen LogP) is 3.97. The Balaban J connectivity index is 2.07. The molecule has 0 radical (unpaired) electrons. The zero-order valence-electron chi connectivity index (χ0n) is 21.4. The second-order valence-electron chi connectivity index (χ2n) is 8.85. The van der Waals surface area contributed by atoms with Gasteiger partial charge in [-0.1, -0.05) is 60.2 Å². The van der Waals surface area contributed by atoms with Crippen molar-refractivity contribution in [3.63, 3.8) is 0 Å². The highest BCUT2D eigenvalue weighted by atomic mass is 32.2. The zero-order valence-corrected chi connectivity index (χ0v) is 22.2. The molecule has 1 atom stereocenters. The average molecular weight is 508 g/mol. The Kier molecular flexibility index (Phi) is 8.53. The number of nitrogens with zero attached hydrogens (tertiary/aromatic N) is 2. The molecule has 7 nitrogen and oxygen atoms in total. The van der Waals surface area contributed by atoms with Gasteiger partial charge in [-0.05, 0) is 62.6 Å². The molecule has 2 amide bonds. The van der Waals surface area contributed by atoms with Crippen molar-refractivity contribution in [2.45, 2.75) is 45.2 Å². The maximum absolute atomic E-state index is 13.8. The van der Waals surface area contributed by atoms with Crippen LogP contribution >= 0.6 is 0 Å². The highest BCUT2D eigenvalue weighted by Crippen LogP contribution is 2.28. The smallest absolute Gasteiger partial charge is 0.264 e. The van der Waals surface area contributed by atoms with E-state index in [-0.39, 0.29) is 17.3 Å². The minimum absolute atomic E-state index is 0.0857. The lowest BCUT2D eigenvalue weighted by Crippen LogP contribution is -2.50. The lowest BCUT2D eigenvalue weighted by atomic mass is 10.1. The van der Waals surface area contributed by atoms with Crippen LogP contribution in [-0.2, 0) is 26.2 Å². The average Bonchev–Trinajstić information content (AvgIpc) is 2.86. The Labute approximate surface area is 213 Å². The number of carbonyl (C=O) groups excluding carboxylic acids is 2. The van der Waals surface area contributed by atoms with E-state index >= 15 is 0 Å². The summed E-state index contributed by atoms with van der Waals surface area (Å²) >= 11 is 0. The van der Waals surface area contributed by atoms with E-state index in [1.807, 2.05) is 57.2 Å². The van der Waals surface area contributed by atoms with E-state index in [2.05, 4.69) is 5.32 Å². The van der Waals surface area contributed by atoms with Crippen LogP contribution < -0.4 is 9.62 Å². The van der Waals surface area contributed by atoms with Gasteiger partial charge >= 0.3 is 0 Å². The molecule has 3 aromatic carbocycles. The van der Waals surface area contributed by atoms with Crippen molar-refractivity contribution in [3.05, 3.63) is 95.1 Å². The maximum Gasteiger partial charge on any atom is 0.264 e. The van der Waals surface area contributed by atoms with Gasteiger partial charge in [0.25, 0.3) is 10.0 Å². The normalized spacial score (nSPS) is 12.0. The molecule has 1 N–H and O–H groups in total. The summed E-state index contributed by atoms with van der Waals surface area (Å²) in [4.78, 5) is 27.9. The SMILES string of the molecule is CNC(=O)[C@@H](C)N(Cc1ccccc1C)C(=O)CN(c1ccc(C)cc1C)S(=O)(=O)c1ccccc1. The van der Waals surface area contributed by atoms with E-state index in [1.54, 1.807) is 31.2 Å². The van der Waals surface area contributed by atoms with Crippen LogP contribution in [0.15, 0.2) is 77.7 Å². The molecule has 0 saturated heterocycles. The first-order chi connectivity index (χ1) is 17.1. The fraction of sp³-hybridized carbons (Fsp3) is 0.286. The molecule has 0 heterocycles. The molecule has 36 heavy (non-hydrogen) atoms. The van der Waals surface area contributed by atoms with Gasteiger partial charge < -0.3 is 10.2 Å². The number of nitrogens with one attached hydrogen (secondary N) is 1. The standard InChI is InChI=1S/C28H33N3O4S/c1-20-15-16-26(22(3)17-20)31(36(34,35)25-13-7-6-8-14-25)19-27(32)30(23(4)28(33)29-5)18-24-12-10-9-11-21(24)2/h6-17,23H,18-19H2,1-5H3,(H,29,33)/t23-/m1/s1. The molecule has 0 aliphatic heterocycles. The third-order valence-corrected chi connectivity index (χ3v) is 8.02. The number of benzene rings is 3. The highest BCUT2D eigenvalue weighted by molar-refractivity contribution is 7.92. The van der Waals surface area contributed by atoms with Crippen LogP contribution in [0.2, 0.25) is 0 Å². The first kappa shape index (κ1) is 26.9. The van der Waals surface area contributed by atoms with Crippen LogP contribution in [0.1, 0.15) is 29.2 Å². The predicted molar refractivity (Wildman–Crippen MR) is 142 cm³/mol. The lowest BCUT2D eigenvalue weighted by molar-refractivity contribution is -0.139. The monoisotopic (exact) mass is 507 g/mol. The van der Waals surface area contributed by atoms with E-state index in [0.29, 0.717) is 5.69 Å². The number of rotatable bonds is 9. The molecular formula is C28H33N3O4S. The van der Waals surface area contributed by atoms with Crippen LogP contribution in [0.4, 0.5) is 5.69 Å². The summed E-state index contributed by atoms with van der Waals surface area (Å²) in [5.41, 5.74) is 3.98. The van der Waals surface area contributed by atoms with Crippen LogP contribution in [0.5, 0.6) is 0 Å². The number of hydrogen-bond donors (Lipinski definition) is 1. The first-order valence-corrected chi connectivity index (χ1v) is 13.2. The number of aryl methyl sites for hydroxylation is 3. The van der Waals surface area contributed by atoms with Gasteiger partial charge in [0.2, 0.25) is 11.8 Å². The fourth-order valence-electron chi connectivity index (χ4n) is 4.08. The Morgan fingerprint density at radius 2 is 1.53 bits per heavy atom. The molecule has 3 rings (SSSR count). The van der Waals surface area contributed by atoms with Crippen molar-refractivity contribution in [1.82, 2.24) is 10.2 Å². The second-order valence-corrected chi connectivity index (χ2v) is 10.7. The van der Waals surface area contributed by atoms with E-state index in [4.69, 9.17) is 0 Å². The largest absolute Gasteiger partial charge is 0.357 e. The molecule has 0 unspecified atom stereocenters. The molecule has 0 aromatic heterocycles. The number of sulfonamides is 1. The third kappa shape index (κ3) is 5.94. The van der Waals surface area contributed by atoms with Crippen molar-refractivity contribution in [2.24, 2.45) is 0 Å². The van der Waals surface area contributed by atoms with Crippen LogP contribution in [0.3, 0.4) is 0 Å². The quantitative estimate of drug-likeness (QED) is 0.475. The summed E-state index contributed by atoms with van der Waals surface area (Å²) in [6, 6.07) is 20.3.